The van der Waals surface area contributed by atoms with E-state index in [9.17, 15) is 0 Å². The van der Waals surface area contributed by atoms with Crippen LogP contribution >= 0.6 is 22.2 Å². The Morgan fingerprint density at radius 3 is 1.80 bits per heavy atom. The molecule has 1 nitrogen and oxygen atoms in total. The molecule has 0 aliphatic rings. The first-order chi connectivity index (χ1) is 6.79. The molecule has 0 saturated heterocycles. The van der Waals surface area contributed by atoms with Crippen LogP contribution in [0.4, 0.5) is 0 Å². The van der Waals surface area contributed by atoms with Crippen molar-refractivity contribution in [2.75, 3.05) is 7.11 Å². The highest BCUT2D eigenvalue weighted by Gasteiger charge is 2.44. The third-order valence-electron chi connectivity index (χ3n) is 2.75. The monoisotopic (exact) mass is 278 g/mol. The van der Waals surface area contributed by atoms with E-state index in [-0.39, 0.29) is 0 Å². The van der Waals surface area contributed by atoms with Crippen molar-refractivity contribution in [2.24, 2.45) is 0 Å². The summed E-state index contributed by atoms with van der Waals surface area (Å²) in [5.41, 5.74) is 0. The zero-order valence-corrected chi connectivity index (χ0v) is 13.0. The fraction of sp³-hybridized carbons (Fsp3) is 0.400. The Morgan fingerprint density at radius 1 is 1.00 bits per heavy atom. The summed E-state index contributed by atoms with van der Waals surface area (Å²) in [6.45, 7) is 2.53. The molecule has 0 bridgehead atoms. The standard InChI is InChI=1S/C10H16Cl2OSi2/c1-13-9-5-7-10(8-6-9)15(4,12)14(2,3)11/h5-8H,1-4H3. The van der Waals surface area contributed by atoms with Gasteiger partial charge in [-0.05, 0) is 17.3 Å². The summed E-state index contributed by atoms with van der Waals surface area (Å²) < 4.78 is 5.12. The zero-order valence-electron chi connectivity index (χ0n) is 9.47. The van der Waals surface area contributed by atoms with Gasteiger partial charge in [-0.15, -0.1) is 0 Å². The first-order valence-electron chi connectivity index (χ1n) is 4.81. The van der Waals surface area contributed by atoms with Crippen molar-refractivity contribution in [3.8, 4) is 5.75 Å². The predicted octanol–water partition coefficient (Wildman–Crippen LogP) is 3.24. The molecule has 84 valence electrons. The second-order valence-corrected chi connectivity index (χ2v) is 23.5. The first-order valence-corrected chi connectivity index (χ1v) is 13.3. The van der Waals surface area contributed by atoms with Gasteiger partial charge in [-0.3, -0.25) is 0 Å². The summed E-state index contributed by atoms with van der Waals surface area (Å²) in [6, 6.07) is 7.96. The summed E-state index contributed by atoms with van der Waals surface area (Å²) in [6.07, 6.45) is 0. The van der Waals surface area contributed by atoms with Gasteiger partial charge in [0, 0.05) is 0 Å². The quantitative estimate of drug-likeness (QED) is 0.609. The molecule has 0 aliphatic carbocycles. The molecule has 0 spiro atoms. The molecule has 0 amide bonds. The molecule has 1 aromatic carbocycles. The molecule has 0 radical (unpaired) electrons. The van der Waals surface area contributed by atoms with E-state index in [2.05, 4.69) is 19.6 Å². The largest absolute Gasteiger partial charge is 0.497 e. The maximum atomic E-state index is 6.66. The smallest absolute Gasteiger partial charge is 0.191 e. The van der Waals surface area contributed by atoms with E-state index in [1.165, 1.54) is 5.19 Å². The van der Waals surface area contributed by atoms with E-state index in [0.717, 1.165) is 5.75 Å². The lowest BCUT2D eigenvalue weighted by Crippen LogP contribution is -2.57. The van der Waals surface area contributed by atoms with Gasteiger partial charge in [0.15, 0.2) is 13.8 Å². The number of methoxy groups -OCH3 is 1. The maximum Gasteiger partial charge on any atom is 0.191 e. The van der Waals surface area contributed by atoms with E-state index >= 15 is 0 Å². The molecule has 0 heterocycles. The molecule has 0 saturated carbocycles. The summed E-state index contributed by atoms with van der Waals surface area (Å²) in [7, 11) is 1.66. The Kier molecular flexibility index (Phi) is 3.92. The molecule has 0 N–H and O–H groups in total. The van der Waals surface area contributed by atoms with Crippen molar-refractivity contribution in [1.82, 2.24) is 0 Å². The van der Waals surface area contributed by atoms with Crippen LogP contribution in [0.25, 0.3) is 0 Å². The lowest BCUT2D eigenvalue weighted by atomic mass is 10.3. The van der Waals surface area contributed by atoms with Gasteiger partial charge < -0.3 is 4.74 Å². The lowest BCUT2D eigenvalue weighted by molar-refractivity contribution is 0.415. The van der Waals surface area contributed by atoms with Crippen molar-refractivity contribution < 1.29 is 4.74 Å². The van der Waals surface area contributed by atoms with Gasteiger partial charge >= 0.3 is 0 Å². The second kappa shape index (κ2) is 4.49. The van der Waals surface area contributed by atoms with Gasteiger partial charge in [0.2, 0.25) is 0 Å². The van der Waals surface area contributed by atoms with Crippen molar-refractivity contribution in [3.63, 3.8) is 0 Å². The molecular weight excluding hydrogens is 263 g/mol. The number of hydrogen-bond acceptors (Lipinski definition) is 1. The van der Waals surface area contributed by atoms with Crippen molar-refractivity contribution in [1.29, 1.82) is 0 Å². The Balaban J connectivity index is 3.06. The number of halogens is 2. The van der Waals surface area contributed by atoms with Crippen LogP contribution in [0.1, 0.15) is 0 Å². The van der Waals surface area contributed by atoms with Gasteiger partial charge in [-0.25, -0.2) is 0 Å². The molecule has 5 heteroatoms. The average molecular weight is 279 g/mol. The van der Waals surface area contributed by atoms with Gasteiger partial charge in [-0.1, -0.05) is 31.8 Å². The van der Waals surface area contributed by atoms with Crippen LogP contribution < -0.4 is 9.92 Å². The van der Waals surface area contributed by atoms with Crippen molar-refractivity contribution in [3.05, 3.63) is 24.3 Å². The minimum absolute atomic E-state index is 0.856. The maximum absolute atomic E-state index is 6.66. The molecule has 1 unspecified atom stereocenters. The highest BCUT2D eigenvalue weighted by molar-refractivity contribution is 7.74. The summed E-state index contributed by atoms with van der Waals surface area (Å²) >= 11 is 13.1. The molecule has 0 fully saturated rings. The van der Waals surface area contributed by atoms with E-state index in [0.29, 0.717) is 0 Å². The van der Waals surface area contributed by atoms with Crippen molar-refractivity contribution >= 4 is 41.1 Å². The summed E-state index contributed by atoms with van der Waals surface area (Å²) in [4.78, 5) is 0. The molecule has 0 aromatic heterocycles. The minimum Gasteiger partial charge on any atom is -0.497 e. The van der Waals surface area contributed by atoms with Gasteiger partial charge in [-0.2, -0.15) is 22.2 Å². The molecule has 0 aliphatic heterocycles. The Bertz CT molecular complexity index is 330. The lowest BCUT2D eigenvalue weighted by Gasteiger charge is -2.30. The van der Waals surface area contributed by atoms with Gasteiger partial charge in [0.25, 0.3) is 0 Å². The highest BCUT2D eigenvalue weighted by Crippen LogP contribution is 2.26. The Hall–Kier alpha value is 0.0338. The Morgan fingerprint density at radius 2 is 1.47 bits per heavy atom. The third kappa shape index (κ3) is 2.78. The average Bonchev–Trinajstić information content (AvgIpc) is 2.16. The van der Waals surface area contributed by atoms with E-state index in [1.807, 2.05) is 24.3 Å². The predicted molar refractivity (Wildman–Crippen MR) is 73.4 cm³/mol. The first kappa shape index (κ1) is 13.1. The number of benzene rings is 1. The van der Waals surface area contributed by atoms with E-state index in [4.69, 9.17) is 26.9 Å². The van der Waals surface area contributed by atoms with Crippen LogP contribution in [0.15, 0.2) is 24.3 Å². The molecule has 15 heavy (non-hydrogen) atoms. The van der Waals surface area contributed by atoms with Crippen LogP contribution in [0, 0.1) is 0 Å². The van der Waals surface area contributed by atoms with Crippen molar-refractivity contribution in [2.45, 2.75) is 19.6 Å². The number of ether oxygens (including phenoxy) is 1. The normalized spacial score (nSPS) is 15.9. The summed E-state index contributed by atoms with van der Waals surface area (Å²) in [5, 5.41) is 1.19. The van der Waals surface area contributed by atoms with Crippen LogP contribution in [0.2, 0.25) is 19.6 Å². The number of hydrogen-bond donors (Lipinski definition) is 0. The number of rotatable bonds is 3. The summed E-state index contributed by atoms with van der Waals surface area (Å²) in [5.74, 6) is 0.856. The zero-order chi connectivity index (χ0) is 11.7. The SMILES string of the molecule is COc1ccc([Si](C)(Cl)[Si](C)(C)Cl)cc1. The van der Waals surface area contributed by atoms with E-state index < -0.39 is 13.8 Å². The molecular formula is C10H16Cl2OSi2. The minimum atomic E-state index is -2.00. The van der Waals surface area contributed by atoms with E-state index in [1.54, 1.807) is 7.11 Å². The van der Waals surface area contributed by atoms with Crippen LogP contribution in [-0.2, 0) is 0 Å². The third-order valence-corrected chi connectivity index (χ3v) is 23.1. The van der Waals surface area contributed by atoms with Crippen LogP contribution in [0.3, 0.4) is 0 Å². The highest BCUT2D eigenvalue weighted by atomic mass is 35.6. The van der Waals surface area contributed by atoms with Gasteiger partial charge in [0.05, 0.1) is 7.11 Å². The van der Waals surface area contributed by atoms with Crippen LogP contribution in [0.5, 0.6) is 5.75 Å². The van der Waals surface area contributed by atoms with Gasteiger partial charge in [0.1, 0.15) is 5.75 Å². The van der Waals surface area contributed by atoms with Crippen LogP contribution in [-0.4, -0.2) is 20.9 Å². The molecule has 1 rings (SSSR count). The Labute approximate surface area is 103 Å². The fourth-order valence-electron chi connectivity index (χ4n) is 1.25. The molecule has 1 aromatic rings. The molecule has 1 atom stereocenters. The topological polar surface area (TPSA) is 9.23 Å². The fourth-order valence-corrected chi connectivity index (χ4v) is 6.65. The second-order valence-electron chi connectivity index (χ2n) is 4.20.